The van der Waals surface area contributed by atoms with Crippen LogP contribution in [0, 0.1) is 0 Å². The van der Waals surface area contributed by atoms with Crippen LogP contribution in [-0.4, -0.2) is 14.6 Å². The highest BCUT2D eigenvalue weighted by atomic mass is 79.9. The smallest absolute Gasteiger partial charge is 0.204 e. The summed E-state index contributed by atoms with van der Waals surface area (Å²) in [4.78, 5) is 0. The van der Waals surface area contributed by atoms with Crippen molar-refractivity contribution >= 4 is 21.6 Å². The van der Waals surface area contributed by atoms with E-state index in [9.17, 15) is 0 Å². The number of halogens is 1. The lowest BCUT2D eigenvalue weighted by molar-refractivity contribution is 0.757. The first-order valence-electron chi connectivity index (χ1n) is 3.95. The molecule has 0 aliphatic heterocycles. The molecule has 0 radical (unpaired) electrons. The molecule has 2 aromatic heterocycles. The molecule has 0 bridgehead atoms. The second-order valence-corrected chi connectivity index (χ2v) is 3.61. The summed E-state index contributed by atoms with van der Waals surface area (Å²) in [5.74, 6) is 0. The third-order valence-electron chi connectivity index (χ3n) is 1.89. The Morgan fingerprint density at radius 3 is 2.92 bits per heavy atom. The Labute approximate surface area is 83.9 Å². The van der Waals surface area contributed by atoms with Gasteiger partial charge < -0.3 is 5.73 Å². The quantitative estimate of drug-likeness (QED) is 0.823. The summed E-state index contributed by atoms with van der Waals surface area (Å²) in [7, 11) is 0. The van der Waals surface area contributed by atoms with Gasteiger partial charge in [0.15, 0.2) is 5.65 Å². The highest BCUT2D eigenvalue weighted by Crippen LogP contribution is 2.16. The van der Waals surface area contributed by atoms with Crippen LogP contribution < -0.4 is 5.73 Å². The first-order valence-corrected chi connectivity index (χ1v) is 4.74. The molecule has 1 unspecified atom stereocenters. The highest BCUT2D eigenvalue weighted by molar-refractivity contribution is 9.10. The Morgan fingerprint density at radius 1 is 1.46 bits per heavy atom. The zero-order valence-corrected chi connectivity index (χ0v) is 8.69. The SMILES string of the molecule is CC(N)c1cccc2nnc(Br)n12. The molecule has 5 heteroatoms. The van der Waals surface area contributed by atoms with Crippen molar-refractivity contribution in [1.29, 1.82) is 0 Å². The van der Waals surface area contributed by atoms with E-state index in [1.54, 1.807) is 0 Å². The summed E-state index contributed by atoms with van der Waals surface area (Å²) < 4.78 is 2.58. The predicted octanol–water partition coefficient (Wildman–Crippen LogP) is 1.51. The number of fused-ring (bicyclic) bond motifs is 1. The summed E-state index contributed by atoms with van der Waals surface area (Å²) in [5, 5.41) is 7.88. The van der Waals surface area contributed by atoms with E-state index in [2.05, 4.69) is 26.1 Å². The van der Waals surface area contributed by atoms with Gasteiger partial charge in [0.25, 0.3) is 0 Å². The Bertz CT molecular complexity index is 435. The molecule has 0 fully saturated rings. The molecule has 2 N–H and O–H groups in total. The van der Waals surface area contributed by atoms with Crippen molar-refractivity contribution in [1.82, 2.24) is 14.6 Å². The first kappa shape index (κ1) is 8.65. The summed E-state index contributed by atoms with van der Waals surface area (Å²) >= 11 is 3.32. The second-order valence-electron chi connectivity index (χ2n) is 2.90. The number of aromatic nitrogens is 3. The first-order chi connectivity index (χ1) is 6.20. The van der Waals surface area contributed by atoms with Crippen LogP contribution in [0.1, 0.15) is 18.7 Å². The molecule has 1 atom stereocenters. The van der Waals surface area contributed by atoms with Gasteiger partial charge in [-0.2, -0.15) is 0 Å². The lowest BCUT2D eigenvalue weighted by atomic mass is 10.2. The molecule has 2 heterocycles. The number of nitrogens with zero attached hydrogens (tertiary/aromatic N) is 3. The van der Waals surface area contributed by atoms with Crippen molar-refractivity contribution in [3.05, 3.63) is 28.6 Å². The molecule has 4 nitrogen and oxygen atoms in total. The maximum absolute atomic E-state index is 5.81. The van der Waals surface area contributed by atoms with Crippen LogP contribution in [0.4, 0.5) is 0 Å². The Balaban J connectivity index is 2.80. The molecule has 2 rings (SSSR count). The van der Waals surface area contributed by atoms with Gasteiger partial charge in [-0.1, -0.05) is 6.07 Å². The molecule has 0 aromatic carbocycles. The van der Waals surface area contributed by atoms with E-state index in [-0.39, 0.29) is 6.04 Å². The largest absolute Gasteiger partial charge is 0.323 e. The Kier molecular flexibility index (Phi) is 2.05. The van der Waals surface area contributed by atoms with E-state index in [4.69, 9.17) is 5.73 Å². The molecule has 0 aliphatic carbocycles. The van der Waals surface area contributed by atoms with Crippen LogP contribution in [-0.2, 0) is 0 Å². The van der Waals surface area contributed by atoms with Crippen LogP contribution in [0.5, 0.6) is 0 Å². The predicted molar refractivity (Wildman–Crippen MR) is 53.3 cm³/mol. The fourth-order valence-electron chi connectivity index (χ4n) is 1.29. The van der Waals surface area contributed by atoms with Crippen molar-refractivity contribution in [3.63, 3.8) is 0 Å². The van der Waals surface area contributed by atoms with Crippen molar-refractivity contribution in [2.75, 3.05) is 0 Å². The van der Waals surface area contributed by atoms with E-state index in [1.165, 1.54) is 0 Å². The molecule has 2 aromatic rings. The molecule has 0 amide bonds. The van der Waals surface area contributed by atoms with Crippen LogP contribution in [0.3, 0.4) is 0 Å². The lowest BCUT2D eigenvalue weighted by Crippen LogP contribution is -2.10. The molecule has 13 heavy (non-hydrogen) atoms. The monoisotopic (exact) mass is 240 g/mol. The van der Waals surface area contributed by atoms with E-state index in [0.717, 1.165) is 11.3 Å². The second kappa shape index (κ2) is 3.08. The number of pyridine rings is 1. The summed E-state index contributed by atoms with van der Waals surface area (Å²) in [5.41, 5.74) is 7.61. The molecular formula is C8H9BrN4. The fraction of sp³-hybridized carbons (Fsp3) is 0.250. The Morgan fingerprint density at radius 2 is 2.23 bits per heavy atom. The lowest BCUT2D eigenvalue weighted by Gasteiger charge is -2.08. The standard InChI is InChI=1S/C8H9BrN4/c1-5(10)6-3-2-4-7-11-12-8(9)13(6)7/h2-5H,10H2,1H3. The zero-order valence-electron chi connectivity index (χ0n) is 7.11. The molecule has 68 valence electrons. The number of hydrogen-bond acceptors (Lipinski definition) is 3. The number of nitrogens with two attached hydrogens (primary N) is 1. The minimum absolute atomic E-state index is 0.0315. The van der Waals surface area contributed by atoms with Gasteiger partial charge in [-0.05, 0) is 35.0 Å². The molecule has 0 aliphatic rings. The van der Waals surface area contributed by atoms with Gasteiger partial charge >= 0.3 is 0 Å². The highest BCUT2D eigenvalue weighted by Gasteiger charge is 2.08. The van der Waals surface area contributed by atoms with E-state index in [0.29, 0.717) is 4.73 Å². The topological polar surface area (TPSA) is 56.2 Å². The van der Waals surface area contributed by atoms with Gasteiger partial charge in [0, 0.05) is 11.7 Å². The van der Waals surface area contributed by atoms with Gasteiger partial charge in [-0.3, -0.25) is 4.40 Å². The van der Waals surface area contributed by atoms with Gasteiger partial charge in [0.05, 0.1) is 0 Å². The van der Waals surface area contributed by atoms with E-state index in [1.807, 2.05) is 29.5 Å². The zero-order chi connectivity index (χ0) is 9.42. The van der Waals surface area contributed by atoms with Crippen LogP contribution >= 0.6 is 15.9 Å². The van der Waals surface area contributed by atoms with Crippen molar-refractivity contribution in [2.45, 2.75) is 13.0 Å². The average molecular weight is 241 g/mol. The molecule has 0 saturated carbocycles. The van der Waals surface area contributed by atoms with Gasteiger partial charge in [0.2, 0.25) is 4.73 Å². The normalized spacial score (nSPS) is 13.5. The summed E-state index contributed by atoms with van der Waals surface area (Å²) in [6.07, 6.45) is 0. The van der Waals surface area contributed by atoms with Gasteiger partial charge in [0.1, 0.15) is 0 Å². The van der Waals surface area contributed by atoms with Gasteiger partial charge in [-0.25, -0.2) is 0 Å². The van der Waals surface area contributed by atoms with Gasteiger partial charge in [-0.15, -0.1) is 10.2 Å². The minimum Gasteiger partial charge on any atom is -0.323 e. The van der Waals surface area contributed by atoms with Crippen molar-refractivity contribution < 1.29 is 0 Å². The minimum atomic E-state index is -0.0315. The van der Waals surface area contributed by atoms with Crippen LogP contribution in [0.15, 0.2) is 22.9 Å². The molecular weight excluding hydrogens is 232 g/mol. The summed E-state index contributed by atoms with van der Waals surface area (Å²) in [6.45, 7) is 1.93. The maximum atomic E-state index is 5.81. The van der Waals surface area contributed by atoms with E-state index < -0.39 is 0 Å². The third-order valence-corrected chi connectivity index (χ3v) is 2.40. The Hall–Kier alpha value is -0.940. The van der Waals surface area contributed by atoms with Crippen molar-refractivity contribution in [3.8, 4) is 0 Å². The van der Waals surface area contributed by atoms with Crippen LogP contribution in [0.25, 0.3) is 5.65 Å². The third kappa shape index (κ3) is 1.34. The maximum Gasteiger partial charge on any atom is 0.204 e. The number of rotatable bonds is 1. The number of hydrogen-bond donors (Lipinski definition) is 1. The molecule has 0 saturated heterocycles. The van der Waals surface area contributed by atoms with Crippen LogP contribution in [0.2, 0.25) is 0 Å². The average Bonchev–Trinajstić information content (AvgIpc) is 2.48. The van der Waals surface area contributed by atoms with Crippen molar-refractivity contribution in [2.24, 2.45) is 5.73 Å². The fourth-order valence-corrected chi connectivity index (χ4v) is 1.75. The summed E-state index contributed by atoms with van der Waals surface area (Å²) in [6, 6.07) is 5.75. The van der Waals surface area contributed by atoms with E-state index >= 15 is 0 Å². The molecule has 0 spiro atoms.